The molecule has 3 atom stereocenters. The van der Waals surface area contributed by atoms with Gasteiger partial charge < -0.3 is 5.73 Å². The van der Waals surface area contributed by atoms with E-state index in [2.05, 4.69) is 0 Å². The fourth-order valence-corrected chi connectivity index (χ4v) is 3.49. The zero-order valence-corrected chi connectivity index (χ0v) is 9.58. The number of fused-ring (bicyclic) bond motifs is 2. The fourth-order valence-electron chi connectivity index (χ4n) is 3.49. The van der Waals surface area contributed by atoms with Gasteiger partial charge >= 0.3 is 0 Å². The number of carbonyl (C=O) groups excluding carboxylic acids is 1. The molecule has 86 valence electrons. The van der Waals surface area contributed by atoms with Crippen LogP contribution in [0.5, 0.6) is 0 Å². The highest BCUT2D eigenvalue weighted by molar-refractivity contribution is 5.78. The summed E-state index contributed by atoms with van der Waals surface area (Å²) in [5.41, 5.74) is 5.42. The van der Waals surface area contributed by atoms with Crippen LogP contribution in [-0.2, 0) is 4.79 Å². The summed E-state index contributed by atoms with van der Waals surface area (Å²) in [6.07, 6.45) is 9.22. The minimum absolute atomic E-state index is 0.487. The smallest absolute Gasteiger partial charge is 0.133 e. The minimum Gasteiger partial charge on any atom is -0.330 e. The summed E-state index contributed by atoms with van der Waals surface area (Å²) in [6.45, 7) is 0.724. The average molecular weight is 209 g/mol. The van der Waals surface area contributed by atoms with Gasteiger partial charge in [0.25, 0.3) is 0 Å². The van der Waals surface area contributed by atoms with Gasteiger partial charge in [-0.05, 0) is 56.4 Å². The molecule has 2 aliphatic carbocycles. The first-order chi connectivity index (χ1) is 7.29. The van der Waals surface area contributed by atoms with Crippen LogP contribution in [0, 0.1) is 17.8 Å². The molecule has 2 aliphatic rings. The highest BCUT2D eigenvalue weighted by Gasteiger charge is 2.39. The molecule has 0 saturated heterocycles. The molecule has 0 aliphatic heterocycles. The number of rotatable bonds is 6. The number of hydrogen-bond acceptors (Lipinski definition) is 2. The van der Waals surface area contributed by atoms with Crippen molar-refractivity contribution in [3.05, 3.63) is 0 Å². The van der Waals surface area contributed by atoms with Crippen molar-refractivity contribution in [2.45, 2.75) is 51.4 Å². The molecule has 2 N–H and O–H groups in total. The minimum atomic E-state index is 0.487. The molecule has 3 unspecified atom stereocenters. The molecule has 2 nitrogen and oxygen atoms in total. The molecule has 0 aromatic carbocycles. The first-order valence-corrected chi connectivity index (χ1v) is 6.51. The van der Waals surface area contributed by atoms with Gasteiger partial charge in [-0.1, -0.05) is 6.42 Å². The molecule has 0 aromatic rings. The Morgan fingerprint density at radius 3 is 2.67 bits per heavy atom. The molecule has 0 heterocycles. The molecular weight excluding hydrogens is 186 g/mol. The van der Waals surface area contributed by atoms with E-state index in [1.165, 1.54) is 25.7 Å². The van der Waals surface area contributed by atoms with Crippen LogP contribution in [0.2, 0.25) is 0 Å². The van der Waals surface area contributed by atoms with Crippen molar-refractivity contribution in [2.75, 3.05) is 6.54 Å². The molecule has 0 aromatic heterocycles. The van der Waals surface area contributed by atoms with Crippen molar-refractivity contribution in [2.24, 2.45) is 23.5 Å². The first kappa shape index (κ1) is 11.1. The SMILES string of the molecule is NCCCCC(=O)CC1CC2CCC1C2. The summed E-state index contributed by atoms with van der Waals surface area (Å²) in [5.74, 6) is 3.10. The maximum Gasteiger partial charge on any atom is 0.133 e. The first-order valence-electron chi connectivity index (χ1n) is 6.51. The maximum absolute atomic E-state index is 11.7. The Bertz CT molecular complexity index is 227. The third-order valence-electron chi connectivity index (χ3n) is 4.28. The van der Waals surface area contributed by atoms with Crippen molar-refractivity contribution in [1.82, 2.24) is 0 Å². The third kappa shape index (κ3) is 2.81. The lowest BCUT2D eigenvalue weighted by atomic mass is 9.84. The van der Waals surface area contributed by atoms with Crippen molar-refractivity contribution >= 4 is 5.78 Å². The molecular formula is C13H23NO. The van der Waals surface area contributed by atoms with Gasteiger partial charge in [-0.25, -0.2) is 0 Å². The largest absolute Gasteiger partial charge is 0.330 e. The topological polar surface area (TPSA) is 43.1 Å². The van der Waals surface area contributed by atoms with Crippen molar-refractivity contribution in [3.63, 3.8) is 0 Å². The van der Waals surface area contributed by atoms with Crippen LogP contribution >= 0.6 is 0 Å². The van der Waals surface area contributed by atoms with Gasteiger partial charge in [-0.2, -0.15) is 0 Å². The van der Waals surface area contributed by atoms with E-state index >= 15 is 0 Å². The zero-order chi connectivity index (χ0) is 10.7. The van der Waals surface area contributed by atoms with Gasteiger partial charge in [0, 0.05) is 12.8 Å². The molecule has 0 spiro atoms. The predicted octanol–water partition coefficient (Wildman–Crippen LogP) is 2.51. The quantitative estimate of drug-likeness (QED) is 0.683. The Kier molecular flexibility index (Phi) is 3.79. The molecule has 0 radical (unpaired) electrons. The van der Waals surface area contributed by atoms with Crippen molar-refractivity contribution < 1.29 is 4.79 Å². The van der Waals surface area contributed by atoms with Crippen LogP contribution in [0.25, 0.3) is 0 Å². The van der Waals surface area contributed by atoms with Crippen LogP contribution < -0.4 is 5.73 Å². The standard InChI is InChI=1S/C13H23NO/c14-6-2-1-3-13(15)9-12-8-10-4-5-11(12)7-10/h10-12H,1-9,14H2. The van der Waals surface area contributed by atoms with E-state index in [1.54, 1.807) is 0 Å². The molecule has 0 amide bonds. The van der Waals surface area contributed by atoms with Crippen LogP contribution in [0.1, 0.15) is 51.4 Å². The van der Waals surface area contributed by atoms with Gasteiger partial charge in [-0.3, -0.25) is 4.79 Å². The van der Waals surface area contributed by atoms with Gasteiger partial charge in [0.2, 0.25) is 0 Å². The van der Waals surface area contributed by atoms with E-state index in [0.717, 1.165) is 50.0 Å². The summed E-state index contributed by atoms with van der Waals surface area (Å²) >= 11 is 0. The van der Waals surface area contributed by atoms with Gasteiger partial charge in [0.05, 0.1) is 0 Å². The van der Waals surface area contributed by atoms with E-state index in [9.17, 15) is 4.79 Å². The van der Waals surface area contributed by atoms with Crippen LogP contribution in [0.4, 0.5) is 0 Å². The Hall–Kier alpha value is -0.370. The summed E-state index contributed by atoms with van der Waals surface area (Å²) in [4.78, 5) is 11.7. The van der Waals surface area contributed by atoms with E-state index < -0.39 is 0 Å². The van der Waals surface area contributed by atoms with E-state index in [4.69, 9.17) is 5.73 Å². The number of ketones is 1. The highest BCUT2D eigenvalue weighted by atomic mass is 16.1. The van der Waals surface area contributed by atoms with Crippen molar-refractivity contribution in [1.29, 1.82) is 0 Å². The predicted molar refractivity (Wildman–Crippen MR) is 61.5 cm³/mol. The van der Waals surface area contributed by atoms with E-state index in [0.29, 0.717) is 5.78 Å². The lowest BCUT2D eigenvalue weighted by Crippen LogP contribution is -2.15. The third-order valence-corrected chi connectivity index (χ3v) is 4.28. The highest BCUT2D eigenvalue weighted by Crippen LogP contribution is 2.49. The van der Waals surface area contributed by atoms with Gasteiger partial charge in [0.15, 0.2) is 0 Å². The molecule has 2 saturated carbocycles. The summed E-state index contributed by atoms with van der Waals surface area (Å²) in [7, 11) is 0. The fraction of sp³-hybridized carbons (Fsp3) is 0.923. The number of Topliss-reactive ketones (excluding diaryl/α,β-unsaturated/α-hetero) is 1. The van der Waals surface area contributed by atoms with Gasteiger partial charge in [0.1, 0.15) is 5.78 Å². The van der Waals surface area contributed by atoms with Crippen LogP contribution in [0.3, 0.4) is 0 Å². The van der Waals surface area contributed by atoms with E-state index in [1.807, 2.05) is 0 Å². The van der Waals surface area contributed by atoms with E-state index in [-0.39, 0.29) is 0 Å². The second kappa shape index (κ2) is 5.11. The van der Waals surface area contributed by atoms with Gasteiger partial charge in [-0.15, -0.1) is 0 Å². The number of hydrogen-bond donors (Lipinski definition) is 1. The number of carbonyl (C=O) groups is 1. The second-order valence-corrected chi connectivity index (χ2v) is 5.42. The monoisotopic (exact) mass is 209 g/mol. The normalized spacial score (nSPS) is 33.5. The van der Waals surface area contributed by atoms with Crippen LogP contribution in [-0.4, -0.2) is 12.3 Å². The zero-order valence-electron chi connectivity index (χ0n) is 9.58. The Balaban J connectivity index is 1.66. The van der Waals surface area contributed by atoms with Crippen molar-refractivity contribution in [3.8, 4) is 0 Å². The summed E-state index contributed by atoms with van der Waals surface area (Å²) in [6, 6.07) is 0. The maximum atomic E-state index is 11.7. The molecule has 2 fully saturated rings. The second-order valence-electron chi connectivity index (χ2n) is 5.42. The summed E-state index contributed by atoms with van der Waals surface area (Å²) < 4.78 is 0. The number of nitrogens with two attached hydrogens (primary N) is 1. The number of unbranched alkanes of at least 4 members (excludes halogenated alkanes) is 1. The Morgan fingerprint density at radius 1 is 1.20 bits per heavy atom. The lowest BCUT2D eigenvalue weighted by Gasteiger charge is -2.20. The average Bonchev–Trinajstić information content (AvgIpc) is 2.79. The lowest BCUT2D eigenvalue weighted by molar-refractivity contribution is -0.120. The Labute approximate surface area is 92.6 Å². The molecule has 2 heteroatoms. The Morgan fingerprint density at radius 2 is 2.07 bits per heavy atom. The molecule has 2 rings (SSSR count). The molecule has 15 heavy (non-hydrogen) atoms. The van der Waals surface area contributed by atoms with Crippen LogP contribution in [0.15, 0.2) is 0 Å². The summed E-state index contributed by atoms with van der Waals surface area (Å²) in [5, 5.41) is 0. The molecule has 2 bridgehead atoms.